The van der Waals surface area contributed by atoms with Crippen LogP contribution in [0.1, 0.15) is 11.1 Å². The molecular weight excluding hydrogens is 544 g/mol. The summed E-state index contributed by atoms with van der Waals surface area (Å²) < 4.78 is 2.12. The standard InChI is InChI=1S/C31H27ClN4O3S/c32-24-12-10-22(11-13-24)19-35-20-23(26-8-4-5-9-27(26)35)18-28-30(38)36(31(39)40-28)21-29(37)34-16-14-33(15-17-34)25-6-2-1-3-7-25/h1-13,18,20H,14-17,19,21H2/b28-18-. The number of carbonyl (C=O) groups excluding carboxylic acids is 3. The van der Waals surface area contributed by atoms with E-state index in [1.54, 1.807) is 11.0 Å². The van der Waals surface area contributed by atoms with E-state index < -0.39 is 11.1 Å². The van der Waals surface area contributed by atoms with Crippen LogP contribution in [0.15, 0.2) is 90.0 Å². The van der Waals surface area contributed by atoms with E-state index in [-0.39, 0.29) is 12.5 Å². The van der Waals surface area contributed by atoms with Crippen LogP contribution >= 0.6 is 23.4 Å². The number of piperazine rings is 1. The van der Waals surface area contributed by atoms with Crippen molar-refractivity contribution in [1.82, 2.24) is 14.4 Å². The van der Waals surface area contributed by atoms with E-state index in [0.717, 1.165) is 44.4 Å². The third-order valence-electron chi connectivity index (χ3n) is 7.29. The molecular formula is C31H27ClN4O3S. The molecule has 0 bridgehead atoms. The Morgan fingerprint density at radius 2 is 1.57 bits per heavy atom. The van der Waals surface area contributed by atoms with Crippen LogP contribution in [-0.2, 0) is 16.1 Å². The van der Waals surface area contributed by atoms with Crippen LogP contribution in [0.3, 0.4) is 0 Å². The molecule has 9 heteroatoms. The number of halogens is 1. The first kappa shape index (κ1) is 26.2. The molecule has 2 aliphatic heterocycles. The zero-order valence-corrected chi connectivity index (χ0v) is 23.3. The molecule has 7 nitrogen and oxygen atoms in total. The molecule has 4 aromatic rings. The molecule has 2 saturated heterocycles. The number of rotatable bonds is 6. The van der Waals surface area contributed by atoms with Crippen molar-refractivity contribution in [2.75, 3.05) is 37.6 Å². The van der Waals surface area contributed by atoms with E-state index in [4.69, 9.17) is 11.6 Å². The molecule has 0 spiro atoms. The molecule has 3 aromatic carbocycles. The Kier molecular flexibility index (Phi) is 7.36. The third-order valence-corrected chi connectivity index (χ3v) is 8.45. The number of aromatic nitrogens is 1. The Morgan fingerprint density at radius 1 is 0.875 bits per heavy atom. The van der Waals surface area contributed by atoms with Gasteiger partial charge < -0.3 is 14.4 Å². The Bertz CT molecular complexity index is 1610. The highest BCUT2D eigenvalue weighted by Gasteiger charge is 2.37. The van der Waals surface area contributed by atoms with Gasteiger partial charge in [0, 0.05) is 66.1 Å². The first-order chi connectivity index (χ1) is 19.5. The largest absolute Gasteiger partial charge is 0.368 e. The fourth-order valence-corrected chi connectivity index (χ4v) is 6.13. The summed E-state index contributed by atoms with van der Waals surface area (Å²) in [5.41, 5.74) is 4.09. The van der Waals surface area contributed by atoms with Crippen LogP contribution in [0.4, 0.5) is 10.5 Å². The topological polar surface area (TPSA) is 65.9 Å². The highest BCUT2D eigenvalue weighted by Crippen LogP contribution is 2.34. The molecule has 2 fully saturated rings. The Hall–Kier alpha value is -4.01. The van der Waals surface area contributed by atoms with Crippen LogP contribution in [0.2, 0.25) is 5.02 Å². The van der Waals surface area contributed by atoms with E-state index in [9.17, 15) is 14.4 Å². The predicted molar refractivity (Wildman–Crippen MR) is 160 cm³/mol. The number of fused-ring (bicyclic) bond motifs is 1. The minimum Gasteiger partial charge on any atom is -0.368 e. The molecule has 1 aromatic heterocycles. The summed E-state index contributed by atoms with van der Waals surface area (Å²) in [6, 6.07) is 25.8. The molecule has 202 valence electrons. The lowest BCUT2D eigenvalue weighted by Crippen LogP contribution is -2.51. The van der Waals surface area contributed by atoms with Crippen LogP contribution in [0.25, 0.3) is 17.0 Å². The molecule has 0 unspecified atom stereocenters. The summed E-state index contributed by atoms with van der Waals surface area (Å²) in [5, 5.41) is 1.25. The third kappa shape index (κ3) is 5.37. The number of benzene rings is 3. The number of nitrogens with zero attached hydrogens (tertiary/aromatic N) is 4. The fraction of sp³-hybridized carbons (Fsp3) is 0.194. The number of carbonyl (C=O) groups is 3. The molecule has 0 aliphatic carbocycles. The molecule has 0 atom stereocenters. The van der Waals surface area contributed by atoms with E-state index in [2.05, 4.69) is 21.6 Å². The van der Waals surface area contributed by atoms with E-state index in [1.165, 1.54) is 0 Å². The summed E-state index contributed by atoms with van der Waals surface area (Å²) in [4.78, 5) is 44.5. The van der Waals surface area contributed by atoms with Crippen molar-refractivity contribution < 1.29 is 14.4 Å². The minimum absolute atomic E-state index is 0.212. The average molecular weight is 571 g/mol. The minimum atomic E-state index is -0.430. The van der Waals surface area contributed by atoms with Crippen molar-refractivity contribution in [3.05, 3.63) is 106 Å². The van der Waals surface area contributed by atoms with Gasteiger partial charge in [0.05, 0.1) is 4.91 Å². The van der Waals surface area contributed by atoms with Crippen molar-refractivity contribution in [2.24, 2.45) is 0 Å². The van der Waals surface area contributed by atoms with Gasteiger partial charge in [0.1, 0.15) is 6.54 Å². The second kappa shape index (κ2) is 11.2. The number of para-hydroxylation sites is 2. The second-order valence-electron chi connectivity index (χ2n) is 9.83. The maximum absolute atomic E-state index is 13.3. The maximum atomic E-state index is 13.3. The lowest BCUT2D eigenvalue weighted by molar-refractivity contribution is -0.136. The van der Waals surface area contributed by atoms with E-state index in [0.29, 0.717) is 42.7 Å². The summed E-state index contributed by atoms with van der Waals surface area (Å²) in [6.45, 7) is 2.90. The van der Waals surface area contributed by atoms with Gasteiger partial charge in [-0.15, -0.1) is 0 Å². The molecule has 3 heterocycles. The second-order valence-corrected chi connectivity index (χ2v) is 11.3. The fourth-order valence-electron chi connectivity index (χ4n) is 5.17. The molecule has 6 rings (SSSR count). The van der Waals surface area contributed by atoms with Crippen molar-refractivity contribution in [2.45, 2.75) is 6.54 Å². The smallest absolute Gasteiger partial charge is 0.294 e. The van der Waals surface area contributed by atoms with Gasteiger partial charge in [-0.05, 0) is 53.7 Å². The Balaban J connectivity index is 1.15. The molecule has 40 heavy (non-hydrogen) atoms. The number of anilines is 1. The number of amides is 3. The van der Waals surface area contributed by atoms with Crippen molar-refractivity contribution >= 4 is 63.1 Å². The Labute approximate surface area is 241 Å². The number of imide groups is 1. The highest BCUT2D eigenvalue weighted by molar-refractivity contribution is 8.18. The number of hydrogen-bond acceptors (Lipinski definition) is 5. The predicted octanol–water partition coefficient (Wildman–Crippen LogP) is 5.73. The molecule has 0 radical (unpaired) electrons. The van der Waals surface area contributed by atoms with Crippen molar-refractivity contribution in [1.29, 1.82) is 0 Å². The first-order valence-corrected chi connectivity index (χ1v) is 14.3. The first-order valence-electron chi connectivity index (χ1n) is 13.1. The zero-order valence-electron chi connectivity index (χ0n) is 21.7. The number of hydrogen-bond donors (Lipinski definition) is 0. The van der Waals surface area contributed by atoms with Crippen LogP contribution < -0.4 is 4.90 Å². The Morgan fingerprint density at radius 3 is 2.33 bits per heavy atom. The van der Waals surface area contributed by atoms with Gasteiger partial charge in [-0.2, -0.15) is 0 Å². The van der Waals surface area contributed by atoms with Gasteiger partial charge in [-0.25, -0.2) is 0 Å². The maximum Gasteiger partial charge on any atom is 0.294 e. The van der Waals surface area contributed by atoms with Crippen molar-refractivity contribution in [3.63, 3.8) is 0 Å². The quantitative estimate of drug-likeness (QED) is 0.277. The molecule has 0 saturated carbocycles. The summed E-state index contributed by atoms with van der Waals surface area (Å²) in [5.74, 6) is -0.642. The van der Waals surface area contributed by atoms with Gasteiger partial charge in [0.2, 0.25) is 5.91 Å². The van der Waals surface area contributed by atoms with Gasteiger partial charge >= 0.3 is 0 Å². The van der Waals surface area contributed by atoms with Crippen LogP contribution in [-0.4, -0.2) is 64.1 Å². The normalized spacial score (nSPS) is 16.9. The highest BCUT2D eigenvalue weighted by atomic mass is 35.5. The van der Waals surface area contributed by atoms with Gasteiger partial charge in [0.15, 0.2) is 0 Å². The van der Waals surface area contributed by atoms with Crippen molar-refractivity contribution in [3.8, 4) is 0 Å². The SMILES string of the molecule is O=C(CN1C(=O)S/C(=C\c2cn(Cc3ccc(Cl)cc3)c3ccccc23)C1=O)N1CCN(c2ccccc2)CC1. The van der Waals surface area contributed by atoms with Gasteiger partial charge in [0.25, 0.3) is 11.1 Å². The lowest BCUT2D eigenvalue weighted by Gasteiger charge is -2.36. The molecule has 2 aliphatic rings. The zero-order chi connectivity index (χ0) is 27.6. The summed E-state index contributed by atoms with van der Waals surface area (Å²) in [7, 11) is 0. The van der Waals surface area contributed by atoms with Crippen LogP contribution in [0, 0.1) is 0 Å². The van der Waals surface area contributed by atoms with Gasteiger partial charge in [-0.3, -0.25) is 19.3 Å². The van der Waals surface area contributed by atoms with E-state index >= 15 is 0 Å². The monoisotopic (exact) mass is 570 g/mol. The van der Waals surface area contributed by atoms with Gasteiger partial charge in [-0.1, -0.05) is 60.1 Å². The van der Waals surface area contributed by atoms with E-state index in [1.807, 2.05) is 72.9 Å². The summed E-state index contributed by atoms with van der Waals surface area (Å²) >= 11 is 6.93. The lowest BCUT2D eigenvalue weighted by atomic mass is 10.1. The number of thioether (sulfide) groups is 1. The summed E-state index contributed by atoms with van der Waals surface area (Å²) in [6.07, 6.45) is 3.75. The van der Waals surface area contributed by atoms with Crippen LogP contribution in [0.5, 0.6) is 0 Å². The average Bonchev–Trinajstić information content (AvgIpc) is 3.46. The molecule has 0 N–H and O–H groups in total. The molecule has 3 amide bonds.